The Labute approximate surface area is 165 Å². The van der Waals surface area contributed by atoms with Gasteiger partial charge in [-0.2, -0.15) is 5.10 Å². The van der Waals surface area contributed by atoms with E-state index >= 15 is 0 Å². The Morgan fingerprint density at radius 1 is 1.26 bits per heavy atom. The van der Waals surface area contributed by atoms with Crippen LogP contribution in [0.5, 0.6) is 0 Å². The lowest BCUT2D eigenvalue weighted by Gasteiger charge is -2.21. The number of nitrogens with one attached hydrogen (secondary N) is 1. The van der Waals surface area contributed by atoms with Gasteiger partial charge in [-0.25, -0.2) is 0 Å². The monoisotopic (exact) mass is 383 g/mol. The zero-order chi connectivity index (χ0) is 18.5. The van der Waals surface area contributed by atoms with Crippen LogP contribution in [0.1, 0.15) is 66.9 Å². The van der Waals surface area contributed by atoms with Crippen molar-refractivity contribution >= 4 is 17.5 Å². The number of hydrogen-bond donors (Lipinski definition) is 1. The molecule has 0 bridgehead atoms. The lowest BCUT2D eigenvalue weighted by atomic mass is 9.91. The molecule has 3 aliphatic carbocycles. The predicted octanol–water partition coefficient (Wildman–Crippen LogP) is 4.82. The highest BCUT2D eigenvalue weighted by molar-refractivity contribution is 6.30. The maximum Gasteiger partial charge on any atom is 0.251 e. The van der Waals surface area contributed by atoms with Gasteiger partial charge in [-0.3, -0.25) is 9.48 Å². The minimum Gasteiger partial charge on any atom is -0.349 e. The third-order valence-corrected chi connectivity index (χ3v) is 7.10. The van der Waals surface area contributed by atoms with Gasteiger partial charge in [-0.1, -0.05) is 18.5 Å². The molecule has 3 atom stereocenters. The number of benzene rings is 1. The fourth-order valence-corrected chi connectivity index (χ4v) is 5.31. The van der Waals surface area contributed by atoms with Crippen molar-refractivity contribution in [3.8, 4) is 0 Å². The van der Waals surface area contributed by atoms with E-state index in [0.717, 1.165) is 18.3 Å². The van der Waals surface area contributed by atoms with Crippen LogP contribution in [0.15, 0.2) is 36.7 Å². The van der Waals surface area contributed by atoms with E-state index in [9.17, 15) is 4.79 Å². The van der Waals surface area contributed by atoms with Crippen LogP contribution >= 0.6 is 11.6 Å². The molecule has 4 nitrogen and oxygen atoms in total. The molecule has 1 aromatic carbocycles. The summed E-state index contributed by atoms with van der Waals surface area (Å²) in [6.07, 6.45) is 10.4. The second kappa shape index (κ2) is 6.66. The summed E-state index contributed by atoms with van der Waals surface area (Å²) in [5, 5.41) is 8.50. The summed E-state index contributed by atoms with van der Waals surface area (Å²) in [7, 11) is 0. The number of halogens is 1. The van der Waals surface area contributed by atoms with Gasteiger partial charge in [0, 0.05) is 22.8 Å². The first-order valence-corrected chi connectivity index (χ1v) is 10.6. The van der Waals surface area contributed by atoms with Crippen molar-refractivity contribution in [3.63, 3.8) is 0 Å². The van der Waals surface area contributed by atoms with E-state index in [4.69, 9.17) is 11.6 Å². The van der Waals surface area contributed by atoms with Crippen LogP contribution in [0.2, 0.25) is 5.02 Å². The van der Waals surface area contributed by atoms with Crippen LogP contribution in [0.25, 0.3) is 0 Å². The summed E-state index contributed by atoms with van der Waals surface area (Å²) in [4.78, 5) is 12.6. The number of rotatable bonds is 6. The van der Waals surface area contributed by atoms with Crippen molar-refractivity contribution in [1.82, 2.24) is 15.1 Å². The highest BCUT2D eigenvalue weighted by Gasteiger charge is 2.58. The molecule has 1 aromatic heterocycles. The fourth-order valence-electron chi connectivity index (χ4n) is 5.19. The highest BCUT2D eigenvalue weighted by atomic mass is 35.5. The van der Waals surface area contributed by atoms with E-state index in [1.165, 1.54) is 31.2 Å². The molecular weight excluding hydrogens is 358 g/mol. The average molecular weight is 384 g/mol. The molecule has 0 spiro atoms. The molecule has 1 amide bonds. The Bertz CT molecular complexity index is 829. The van der Waals surface area contributed by atoms with Gasteiger partial charge in [0.1, 0.15) is 0 Å². The van der Waals surface area contributed by atoms with Gasteiger partial charge < -0.3 is 5.32 Å². The van der Waals surface area contributed by atoms with Crippen molar-refractivity contribution in [2.75, 3.05) is 0 Å². The first-order chi connectivity index (χ1) is 13.1. The normalized spacial score (nSPS) is 28.0. The number of aromatic nitrogens is 2. The number of hydrogen-bond acceptors (Lipinski definition) is 2. The molecule has 1 N–H and O–H groups in total. The lowest BCUT2D eigenvalue weighted by molar-refractivity contribution is 0.0927. The Kier molecular flexibility index (Phi) is 4.27. The molecule has 3 fully saturated rings. The zero-order valence-corrected chi connectivity index (χ0v) is 16.4. The molecule has 27 heavy (non-hydrogen) atoms. The van der Waals surface area contributed by atoms with Crippen LogP contribution in [-0.2, 0) is 0 Å². The van der Waals surface area contributed by atoms with Gasteiger partial charge in [-0.15, -0.1) is 0 Å². The number of carbonyl (C=O) groups excluding carboxylic acids is 1. The lowest BCUT2D eigenvalue weighted by Crippen LogP contribution is -2.37. The van der Waals surface area contributed by atoms with Crippen molar-refractivity contribution in [3.05, 3.63) is 52.8 Å². The number of fused-ring (bicyclic) bond motifs is 1. The largest absolute Gasteiger partial charge is 0.349 e. The summed E-state index contributed by atoms with van der Waals surface area (Å²) in [5.74, 6) is 2.84. The quantitative estimate of drug-likeness (QED) is 0.777. The predicted molar refractivity (Wildman–Crippen MR) is 106 cm³/mol. The van der Waals surface area contributed by atoms with E-state index in [1.54, 1.807) is 24.3 Å². The van der Waals surface area contributed by atoms with Crippen molar-refractivity contribution in [1.29, 1.82) is 0 Å². The van der Waals surface area contributed by atoms with Crippen LogP contribution in [0, 0.1) is 17.8 Å². The zero-order valence-electron chi connectivity index (χ0n) is 15.6. The first-order valence-electron chi connectivity index (χ1n) is 10.2. The Hall–Kier alpha value is -1.81. The molecule has 3 aliphatic rings. The van der Waals surface area contributed by atoms with Crippen LogP contribution in [0.3, 0.4) is 0 Å². The summed E-state index contributed by atoms with van der Waals surface area (Å²) in [5.41, 5.74) is 2.11. The standard InChI is InChI=1S/C22H26ClN3O/c1-2-20(25-22(27)13-3-5-16(23)6-4-13)21-18-9-14(10-19(18)21)15-11-24-26(12-15)17-7-8-17/h3-6,11-12,14,17-21H,2,7-10H2,1H3,(H,25,27)/t14?,18-,19-,20-,21?/m1/s1. The first kappa shape index (κ1) is 17.3. The fraction of sp³-hybridized carbons (Fsp3) is 0.545. The Morgan fingerprint density at radius 2 is 1.96 bits per heavy atom. The molecule has 5 heteroatoms. The van der Waals surface area contributed by atoms with Crippen LogP contribution in [-0.4, -0.2) is 21.7 Å². The summed E-state index contributed by atoms with van der Waals surface area (Å²) >= 11 is 5.92. The summed E-state index contributed by atoms with van der Waals surface area (Å²) in [6, 6.07) is 8.08. The summed E-state index contributed by atoms with van der Waals surface area (Å²) < 4.78 is 2.16. The number of carbonyl (C=O) groups is 1. The summed E-state index contributed by atoms with van der Waals surface area (Å²) in [6.45, 7) is 2.18. The third kappa shape index (κ3) is 3.29. The third-order valence-electron chi connectivity index (χ3n) is 6.85. The van der Waals surface area contributed by atoms with Gasteiger partial charge in [0.05, 0.1) is 12.2 Å². The molecule has 2 aromatic rings. The van der Waals surface area contributed by atoms with Crippen LogP contribution in [0.4, 0.5) is 0 Å². The van der Waals surface area contributed by atoms with Gasteiger partial charge in [0.15, 0.2) is 0 Å². The second-order valence-electron chi connectivity index (χ2n) is 8.55. The molecule has 0 radical (unpaired) electrons. The van der Waals surface area contributed by atoms with Gasteiger partial charge in [0.25, 0.3) is 5.91 Å². The topological polar surface area (TPSA) is 46.9 Å². The molecule has 0 unspecified atom stereocenters. The SMILES string of the molecule is CC[C@@H](NC(=O)c1ccc(Cl)cc1)C1[C@@H]2CC(c3cnn(C4CC4)c3)C[C@@H]12. The van der Waals surface area contributed by atoms with Crippen molar-refractivity contribution < 1.29 is 4.79 Å². The smallest absolute Gasteiger partial charge is 0.251 e. The highest BCUT2D eigenvalue weighted by Crippen LogP contribution is 2.63. The maximum absolute atomic E-state index is 12.6. The molecule has 1 heterocycles. The molecular formula is C22H26ClN3O. The van der Waals surface area contributed by atoms with E-state index < -0.39 is 0 Å². The Balaban J connectivity index is 1.19. The molecule has 5 rings (SSSR count). The van der Waals surface area contributed by atoms with Gasteiger partial charge in [-0.05, 0) is 85.6 Å². The number of nitrogens with zero attached hydrogens (tertiary/aromatic N) is 2. The minimum absolute atomic E-state index is 0.0192. The maximum atomic E-state index is 12.6. The van der Waals surface area contributed by atoms with Gasteiger partial charge >= 0.3 is 0 Å². The molecule has 3 saturated carbocycles. The number of amides is 1. The van der Waals surface area contributed by atoms with E-state index in [2.05, 4.69) is 34.4 Å². The van der Waals surface area contributed by atoms with E-state index in [1.807, 2.05) is 0 Å². The average Bonchev–Trinajstić information content (AvgIpc) is 3.53. The molecule has 0 saturated heterocycles. The van der Waals surface area contributed by atoms with Gasteiger partial charge in [0.2, 0.25) is 0 Å². The van der Waals surface area contributed by atoms with Crippen molar-refractivity contribution in [2.45, 2.75) is 57.0 Å². The molecule has 0 aliphatic heterocycles. The van der Waals surface area contributed by atoms with Crippen LogP contribution < -0.4 is 5.32 Å². The minimum atomic E-state index is 0.0192. The molecule has 142 valence electrons. The second-order valence-corrected chi connectivity index (χ2v) is 8.99. The van der Waals surface area contributed by atoms with E-state index in [0.29, 0.717) is 28.5 Å². The van der Waals surface area contributed by atoms with Crippen molar-refractivity contribution in [2.24, 2.45) is 17.8 Å². The van der Waals surface area contributed by atoms with E-state index in [-0.39, 0.29) is 11.9 Å². The Morgan fingerprint density at radius 3 is 2.59 bits per heavy atom.